The minimum Gasteiger partial charge on any atom is -0.480 e. The van der Waals surface area contributed by atoms with Gasteiger partial charge in [0.25, 0.3) is 0 Å². The van der Waals surface area contributed by atoms with Crippen LogP contribution in [-0.2, 0) is 9.53 Å². The first-order valence-corrected chi connectivity index (χ1v) is 5.39. The summed E-state index contributed by atoms with van der Waals surface area (Å²) < 4.78 is 5.00. The van der Waals surface area contributed by atoms with Gasteiger partial charge in [-0.2, -0.15) is 0 Å². The smallest absolute Gasteiger partial charge is 0.408 e. The highest BCUT2D eigenvalue weighted by molar-refractivity contribution is 5.80. The lowest BCUT2D eigenvalue weighted by molar-refractivity contribution is -0.140. The molecule has 0 aromatic carbocycles. The molecular formula is C11H23NO5. The van der Waals surface area contributed by atoms with Crippen LogP contribution in [0.1, 0.15) is 41.0 Å². The number of hydrogen-bond donors (Lipinski definition) is 2. The van der Waals surface area contributed by atoms with E-state index in [2.05, 4.69) is 5.32 Å². The van der Waals surface area contributed by atoms with Crippen LogP contribution >= 0.6 is 0 Å². The normalized spacial score (nSPS) is 14.2. The van der Waals surface area contributed by atoms with Crippen LogP contribution in [0.3, 0.4) is 0 Å². The molecule has 17 heavy (non-hydrogen) atoms. The summed E-state index contributed by atoms with van der Waals surface area (Å²) in [5.74, 6) is -1.18. The highest BCUT2D eigenvalue weighted by atomic mass is 16.6. The summed E-state index contributed by atoms with van der Waals surface area (Å²) in [6.45, 7) is 8.83. The van der Waals surface area contributed by atoms with Crippen LogP contribution in [0.25, 0.3) is 0 Å². The van der Waals surface area contributed by atoms with E-state index in [0.717, 1.165) is 0 Å². The molecule has 0 heterocycles. The van der Waals surface area contributed by atoms with Gasteiger partial charge < -0.3 is 20.6 Å². The first-order chi connectivity index (χ1) is 7.17. The third-order valence-electron chi connectivity index (χ3n) is 2.15. The predicted octanol–water partition coefficient (Wildman–Crippen LogP) is 1.19. The van der Waals surface area contributed by atoms with Crippen LogP contribution in [0.4, 0.5) is 4.79 Å². The van der Waals surface area contributed by atoms with Crippen molar-refractivity contribution in [1.82, 2.24) is 5.32 Å². The zero-order chi connectivity index (χ0) is 12.9. The standard InChI is InChI=1S/C11H21NO4.H2O/c1-6-7(2)8(9(13)14)12-10(15)16-11(3,4)5;/h7-8H,6H2,1-5H3,(H,12,15)(H,13,14);1H2/t7-,8+;/m0./s1. The molecule has 0 aromatic rings. The van der Waals surface area contributed by atoms with Gasteiger partial charge in [-0.15, -0.1) is 0 Å². The maximum absolute atomic E-state index is 11.4. The third-order valence-corrected chi connectivity index (χ3v) is 2.15. The topological polar surface area (TPSA) is 107 Å². The number of carbonyl (C=O) groups is 2. The first-order valence-electron chi connectivity index (χ1n) is 5.39. The molecule has 0 aromatic heterocycles. The Kier molecular flexibility index (Phi) is 7.56. The van der Waals surface area contributed by atoms with E-state index >= 15 is 0 Å². The van der Waals surface area contributed by atoms with Crippen molar-refractivity contribution in [2.75, 3.05) is 0 Å². The average Bonchev–Trinajstić information content (AvgIpc) is 2.09. The first kappa shape index (κ1) is 18.1. The maximum atomic E-state index is 11.4. The van der Waals surface area contributed by atoms with E-state index in [-0.39, 0.29) is 11.4 Å². The monoisotopic (exact) mass is 249 g/mol. The Morgan fingerprint density at radius 2 is 1.82 bits per heavy atom. The Morgan fingerprint density at radius 3 is 2.12 bits per heavy atom. The lowest BCUT2D eigenvalue weighted by atomic mass is 10.00. The number of carboxylic acid groups (broad SMARTS) is 1. The van der Waals surface area contributed by atoms with Crippen molar-refractivity contribution in [1.29, 1.82) is 0 Å². The summed E-state index contributed by atoms with van der Waals surface area (Å²) in [5, 5.41) is 11.3. The van der Waals surface area contributed by atoms with Gasteiger partial charge >= 0.3 is 12.1 Å². The van der Waals surface area contributed by atoms with Crippen molar-refractivity contribution in [3.8, 4) is 0 Å². The summed E-state index contributed by atoms with van der Waals surface area (Å²) in [7, 11) is 0. The number of carboxylic acids is 1. The van der Waals surface area contributed by atoms with E-state index in [1.165, 1.54) is 0 Å². The summed E-state index contributed by atoms with van der Waals surface area (Å²) >= 11 is 0. The average molecular weight is 249 g/mol. The van der Waals surface area contributed by atoms with Crippen LogP contribution in [0.15, 0.2) is 0 Å². The number of ether oxygens (including phenoxy) is 1. The lowest BCUT2D eigenvalue weighted by Gasteiger charge is -2.24. The van der Waals surface area contributed by atoms with Crippen LogP contribution in [-0.4, -0.2) is 34.3 Å². The number of rotatable bonds is 4. The molecule has 2 atom stereocenters. The Hall–Kier alpha value is -1.30. The Morgan fingerprint density at radius 1 is 1.35 bits per heavy atom. The fraction of sp³-hybridized carbons (Fsp3) is 0.818. The Bertz CT molecular complexity index is 259. The van der Waals surface area contributed by atoms with E-state index in [4.69, 9.17) is 9.84 Å². The molecule has 0 rings (SSSR count). The Labute approximate surface area is 102 Å². The molecular weight excluding hydrogens is 226 g/mol. The van der Waals surface area contributed by atoms with Gasteiger partial charge in [-0.1, -0.05) is 20.3 Å². The summed E-state index contributed by atoms with van der Waals surface area (Å²) in [6.07, 6.45) is -0.0209. The second-order valence-corrected chi connectivity index (χ2v) is 4.85. The van der Waals surface area contributed by atoms with Crippen LogP contribution in [0, 0.1) is 5.92 Å². The molecule has 4 N–H and O–H groups in total. The molecule has 0 bridgehead atoms. The van der Waals surface area contributed by atoms with Gasteiger partial charge in [0.2, 0.25) is 0 Å². The van der Waals surface area contributed by atoms with E-state index in [0.29, 0.717) is 6.42 Å². The molecule has 0 saturated heterocycles. The minimum atomic E-state index is -1.04. The summed E-state index contributed by atoms with van der Waals surface area (Å²) in [6, 6.07) is -0.903. The van der Waals surface area contributed by atoms with E-state index in [1.807, 2.05) is 6.92 Å². The van der Waals surface area contributed by atoms with Crippen LogP contribution in [0.2, 0.25) is 0 Å². The zero-order valence-electron chi connectivity index (χ0n) is 11.0. The fourth-order valence-electron chi connectivity index (χ4n) is 1.12. The molecule has 0 saturated carbocycles. The van der Waals surface area contributed by atoms with E-state index in [9.17, 15) is 9.59 Å². The van der Waals surface area contributed by atoms with Gasteiger partial charge in [0, 0.05) is 0 Å². The highest BCUT2D eigenvalue weighted by Gasteiger charge is 2.27. The van der Waals surface area contributed by atoms with Gasteiger partial charge in [0.05, 0.1) is 0 Å². The number of hydrogen-bond acceptors (Lipinski definition) is 3. The quantitative estimate of drug-likeness (QED) is 0.780. The van der Waals surface area contributed by atoms with Crippen molar-refractivity contribution in [2.45, 2.75) is 52.7 Å². The molecule has 0 aliphatic heterocycles. The van der Waals surface area contributed by atoms with Gasteiger partial charge in [-0.05, 0) is 26.7 Å². The minimum absolute atomic E-state index is 0. The summed E-state index contributed by atoms with van der Waals surface area (Å²) in [4.78, 5) is 22.3. The number of nitrogens with one attached hydrogen (secondary N) is 1. The third kappa shape index (κ3) is 7.57. The summed E-state index contributed by atoms with van der Waals surface area (Å²) in [5.41, 5.74) is -0.622. The van der Waals surface area contributed by atoms with Crippen LogP contribution < -0.4 is 5.32 Å². The molecule has 0 radical (unpaired) electrons. The van der Waals surface area contributed by atoms with Gasteiger partial charge in [-0.3, -0.25) is 0 Å². The predicted molar refractivity (Wildman–Crippen MR) is 63.9 cm³/mol. The number of amides is 1. The number of aliphatic carboxylic acids is 1. The second kappa shape index (κ2) is 7.11. The fourth-order valence-corrected chi connectivity index (χ4v) is 1.12. The molecule has 1 amide bonds. The molecule has 0 aliphatic rings. The van der Waals surface area contributed by atoms with Gasteiger partial charge in [0.15, 0.2) is 0 Å². The number of alkyl carbamates (subject to hydrolysis) is 1. The van der Waals surface area contributed by atoms with Gasteiger partial charge in [0.1, 0.15) is 11.6 Å². The zero-order valence-corrected chi connectivity index (χ0v) is 11.0. The second-order valence-electron chi connectivity index (χ2n) is 4.85. The molecule has 6 heteroatoms. The molecule has 6 nitrogen and oxygen atoms in total. The van der Waals surface area contributed by atoms with Crippen molar-refractivity contribution in [2.24, 2.45) is 5.92 Å². The van der Waals surface area contributed by atoms with E-state index in [1.54, 1.807) is 27.7 Å². The number of carbonyl (C=O) groups excluding carboxylic acids is 1. The Balaban J connectivity index is 0. The molecule has 0 aliphatic carbocycles. The van der Waals surface area contributed by atoms with E-state index < -0.39 is 23.7 Å². The molecule has 0 spiro atoms. The van der Waals surface area contributed by atoms with Crippen molar-refractivity contribution < 1.29 is 24.9 Å². The van der Waals surface area contributed by atoms with Crippen LogP contribution in [0.5, 0.6) is 0 Å². The van der Waals surface area contributed by atoms with Gasteiger partial charge in [-0.25, -0.2) is 9.59 Å². The molecule has 102 valence electrons. The molecule has 0 unspecified atom stereocenters. The SMILES string of the molecule is CC[C@H](C)[C@@H](NC(=O)OC(C)(C)C)C(=O)O.O. The van der Waals surface area contributed by atoms with Crippen molar-refractivity contribution in [3.63, 3.8) is 0 Å². The molecule has 0 fully saturated rings. The lowest BCUT2D eigenvalue weighted by Crippen LogP contribution is -2.46. The van der Waals surface area contributed by atoms with Crippen molar-refractivity contribution >= 4 is 12.1 Å². The maximum Gasteiger partial charge on any atom is 0.408 e. The van der Waals surface area contributed by atoms with Crippen molar-refractivity contribution in [3.05, 3.63) is 0 Å². The largest absolute Gasteiger partial charge is 0.480 e. The highest BCUT2D eigenvalue weighted by Crippen LogP contribution is 2.11.